The molecule has 13 heavy (non-hydrogen) atoms. The molecule has 0 spiro atoms. The van der Waals surface area contributed by atoms with Gasteiger partial charge in [-0.15, -0.1) is 0 Å². The zero-order valence-corrected chi connectivity index (χ0v) is 8.31. The first kappa shape index (κ1) is 10.9. The third-order valence-corrected chi connectivity index (χ3v) is 2.91. The van der Waals surface area contributed by atoms with E-state index in [0.29, 0.717) is 0 Å². The van der Waals surface area contributed by atoms with Crippen molar-refractivity contribution in [3.8, 4) is 0 Å². The van der Waals surface area contributed by atoms with Crippen molar-refractivity contribution in [2.75, 3.05) is 0 Å². The van der Waals surface area contributed by atoms with Crippen LogP contribution in [-0.2, 0) is 4.84 Å². The lowest BCUT2D eigenvalue weighted by atomic mass is 9.81. The summed E-state index contributed by atoms with van der Waals surface area (Å²) >= 11 is 0. The van der Waals surface area contributed by atoms with E-state index in [0.717, 1.165) is 37.5 Å². The zero-order valence-electron chi connectivity index (χ0n) is 8.31. The first-order valence-corrected chi connectivity index (χ1v) is 4.94. The van der Waals surface area contributed by atoms with Crippen molar-refractivity contribution in [1.29, 1.82) is 0 Å². The Morgan fingerprint density at radius 3 is 2.08 bits per heavy atom. The highest BCUT2D eigenvalue weighted by atomic mass is 17.1. The Kier molecular flexibility index (Phi) is 4.12. The summed E-state index contributed by atoms with van der Waals surface area (Å²) in [4.78, 5) is 4.76. The molecule has 1 saturated carbocycles. The third kappa shape index (κ3) is 3.60. The maximum Gasteiger partial charge on any atom is 0.0844 e. The van der Waals surface area contributed by atoms with Crippen molar-refractivity contribution in [2.24, 2.45) is 11.8 Å². The summed E-state index contributed by atoms with van der Waals surface area (Å²) in [7, 11) is 0. The molecule has 1 aliphatic carbocycles. The Bertz CT molecular complexity index is 142. The monoisotopic (exact) mass is 189 g/mol. The Morgan fingerprint density at radius 2 is 1.69 bits per heavy atom. The second kappa shape index (κ2) is 4.91. The fraction of sp³-hybridized carbons (Fsp3) is 1.00. The van der Waals surface area contributed by atoms with Crippen molar-refractivity contribution in [2.45, 2.75) is 45.6 Å². The topological polar surface area (TPSA) is 52.9 Å². The van der Waals surface area contributed by atoms with E-state index in [1.807, 2.05) is 0 Å². The third-order valence-electron chi connectivity index (χ3n) is 2.91. The zero-order chi connectivity index (χ0) is 9.84. The van der Waals surface area contributed by atoms with Crippen molar-refractivity contribution < 1.29 is 15.3 Å². The first-order valence-electron chi connectivity index (χ1n) is 4.94. The molecule has 4 nitrogen and oxygen atoms in total. The summed E-state index contributed by atoms with van der Waals surface area (Å²) in [5.41, 5.74) is 0. The fourth-order valence-corrected chi connectivity index (χ4v) is 1.99. The highest BCUT2D eigenvalue weighted by Crippen LogP contribution is 2.31. The van der Waals surface area contributed by atoms with Crippen LogP contribution in [0.4, 0.5) is 0 Å². The molecule has 0 aromatic rings. The maximum atomic E-state index is 8.45. The number of nitrogens with zero attached hydrogens (tertiary/aromatic N) is 1. The molecule has 1 fully saturated rings. The Labute approximate surface area is 79.0 Å². The molecule has 0 atom stereocenters. The maximum absolute atomic E-state index is 8.45. The second-order valence-corrected chi connectivity index (χ2v) is 4.14. The highest BCUT2D eigenvalue weighted by molar-refractivity contribution is 4.74. The van der Waals surface area contributed by atoms with Gasteiger partial charge in [-0.25, -0.2) is 4.84 Å². The van der Waals surface area contributed by atoms with Crippen LogP contribution in [0.2, 0.25) is 0 Å². The van der Waals surface area contributed by atoms with Gasteiger partial charge in [0.05, 0.1) is 11.5 Å². The van der Waals surface area contributed by atoms with E-state index in [1.54, 1.807) is 0 Å². The minimum Gasteiger partial charge on any atom is -0.266 e. The van der Waals surface area contributed by atoms with Gasteiger partial charge >= 0.3 is 0 Å². The molecule has 4 heteroatoms. The molecule has 1 aliphatic rings. The molecule has 0 saturated heterocycles. The van der Waals surface area contributed by atoms with Gasteiger partial charge in [-0.3, -0.25) is 10.4 Å². The van der Waals surface area contributed by atoms with Crippen LogP contribution in [0.25, 0.3) is 0 Å². The quantitative estimate of drug-likeness (QED) is 0.668. The first-order chi connectivity index (χ1) is 6.09. The molecule has 78 valence electrons. The van der Waals surface area contributed by atoms with Crippen LogP contribution in [0, 0.1) is 11.8 Å². The molecule has 0 radical (unpaired) electrons. The van der Waals surface area contributed by atoms with E-state index < -0.39 is 0 Å². The van der Waals surface area contributed by atoms with E-state index in [9.17, 15) is 0 Å². The summed E-state index contributed by atoms with van der Waals surface area (Å²) < 4.78 is 0. The molecule has 0 unspecified atom stereocenters. The van der Waals surface area contributed by atoms with Gasteiger partial charge in [-0.2, -0.15) is 0 Å². The van der Waals surface area contributed by atoms with Gasteiger partial charge in [0.25, 0.3) is 0 Å². The van der Waals surface area contributed by atoms with E-state index in [2.05, 4.69) is 13.8 Å². The van der Waals surface area contributed by atoms with E-state index in [-0.39, 0.29) is 11.5 Å². The van der Waals surface area contributed by atoms with Gasteiger partial charge in [-0.05, 0) is 37.5 Å². The van der Waals surface area contributed by atoms with Crippen LogP contribution in [0.15, 0.2) is 0 Å². The summed E-state index contributed by atoms with van der Waals surface area (Å²) in [5.74, 6) is 1.49. The average molecular weight is 189 g/mol. The van der Waals surface area contributed by atoms with E-state index in [4.69, 9.17) is 15.3 Å². The van der Waals surface area contributed by atoms with Gasteiger partial charge in [-0.1, -0.05) is 13.8 Å². The highest BCUT2D eigenvalue weighted by Gasteiger charge is 2.24. The lowest BCUT2D eigenvalue weighted by molar-refractivity contribution is -0.506. The minimum atomic E-state index is -0.166. The smallest absolute Gasteiger partial charge is 0.0844 e. The summed E-state index contributed by atoms with van der Waals surface area (Å²) in [6.07, 6.45) is 4.05. The fourth-order valence-electron chi connectivity index (χ4n) is 1.99. The Morgan fingerprint density at radius 1 is 1.15 bits per heavy atom. The van der Waals surface area contributed by atoms with Crippen LogP contribution in [0.1, 0.15) is 39.5 Å². The number of hydrogen-bond acceptors (Lipinski definition) is 4. The van der Waals surface area contributed by atoms with Crippen LogP contribution in [0.5, 0.6) is 0 Å². The van der Waals surface area contributed by atoms with Gasteiger partial charge in [0, 0.05) is 0 Å². The Hall–Kier alpha value is -0.160. The molecule has 0 aliphatic heterocycles. The van der Waals surface area contributed by atoms with Gasteiger partial charge in [0.2, 0.25) is 0 Å². The SMILES string of the molecule is CC(C)C1CCC(ON(O)O)CC1. The molecule has 0 heterocycles. The molecule has 0 amide bonds. The number of rotatable bonds is 3. The molecule has 2 N–H and O–H groups in total. The van der Waals surface area contributed by atoms with Crippen molar-refractivity contribution in [1.82, 2.24) is 5.39 Å². The van der Waals surface area contributed by atoms with Crippen LogP contribution in [0.3, 0.4) is 0 Å². The van der Waals surface area contributed by atoms with Crippen molar-refractivity contribution in [3.05, 3.63) is 0 Å². The normalized spacial score (nSPS) is 30.0. The van der Waals surface area contributed by atoms with Crippen LogP contribution >= 0.6 is 0 Å². The van der Waals surface area contributed by atoms with Gasteiger partial charge in [0.15, 0.2) is 0 Å². The summed E-state index contributed by atoms with van der Waals surface area (Å²) in [5, 5.41) is 16.7. The number of hydrogen-bond donors (Lipinski definition) is 2. The standard InChI is InChI=1S/C9H19NO3/c1-7(2)8-3-5-9(6-4-8)13-10(11)12/h7-9,11-12H,3-6H2,1-2H3. The molecule has 0 aromatic carbocycles. The molecule has 0 aromatic heterocycles. The summed E-state index contributed by atoms with van der Waals surface area (Å²) in [6.45, 7) is 4.46. The van der Waals surface area contributed by atoms with Gasteiger partial charge in [0.1, 0.15) is 0 Å². The van der Waals surface area contributed by atoms with E-state index >= 15 is 0 Å². The molecular formula is C9H19NO3. The van der Waals surface area contributed by atoms with E-state index in [1.165, 1.54) is 0 Å². The second-order valence-electron chi connectivity index (χ2n) is 4.14. The van der Waals surface area contributed by atoms with Gasteiger partial charge < -0.3 is 0 Å². The molecule has 1 rings (SSSR count). The predicted molar refractivity (Wildman–Crippen MR) is 47.1 cm³/mol. The molecule has 0 bridgehead atoms. The summed E-state index contributed by atoms with van der Waals surface area (Å²) in [6, 6.07) is 0. The Balaban J connectivity index is 2.22. The largest absolute Gasteiger partial charge is 0.266 e. The van der Waals surface area contributed by atoms with Crippen LogP contribution in [-0.4, -0.2) is 21.9 Å². The predicted octanol–water partition coefficient (Wildman–Crippen LogP) is 2.21. The molecular weight excluding hydrogens is 170 g/mol. The minimum absolute atomic E-state index is 0.0231. The average Bonchev–Trinajstić information content (AvgIpc) is 2.04. The lowest BCUT2D eigenvalue weighted by Gasteiger charge is -2.30. The van der Waals surface area contributed by atoms with Crippen LogP contribution < -0.4 is 0 Å². The van der Waals surface area contributed by atoms with Crippen molar-refractivity contribution in [3.63, 3.8) is 0 Å². The van der Waals surface area contributed by atoms with Crippen molar-refractivity contribution >= 4 is 0 Å². The lowest BCUT2D eigenvalue weighted by Crippen LogP contribution is -2.29.